The first-order valence-electron chi connectivity index (χ1n) is 5.28. The Kier molecular flexibility index (Phi) is 3.10. The zero-order valence-electron chi connectivity index (χ0n) is 9.50. The van der Waals surface area contributed by atoms with Crippen LogP contribution in [0.4, 0.5) is 0 Å². The Hall–Kier alpha value is -1.89. The third kappa shape index (κ3) is 2.44. The predicted octanol–water partition coefficient (Wildman–Crippen LogP) is -1.25. The average Bonchev–Trinajstić information content (AvgIpc) is 2.75. The molecular formula is C10H14N4O3. The molecule has 2 amide bonds. The number of nitrogens with zero attached hydrogens (tertiary/aromatic N) is 3. The van der Waals surface area contributed by atoms with Gasteiger partial charge in [0.1, 0.15) is 5.69 Å². The first-order chi connectivity index (χ1) is 8.08. The molecule has 1 saturated heterocycles. The summed E-state index contributed by atoms with van der Waals surface area (Å²) in [6, 6.07) is 1.64. The summed E-state index contributed by atoms with van der Waals surface area (Å²) in [5.74, 6) is -0.760. The number of carbonyl (C=O) groups excluding carboxylic acids is 2. The maximum Gasteiger partial charge on any atom is 0.274 e. The Morgan fingerprint density at radius 1 is 1.59 bits per heavy atom. The van der Waals surface area contributed by atoms with Gasteiger partial charge in [0.15, 0.2) is 6.10 Å². The second-order valence-corrected chi connectivity index (χ2v) is 3.89. The molecule has 0 aliphatic carbocycles. The lowest BCUT2D eigenvalue weighted by atomic mass is 10.2. The van der Waals surface area contributed by atoms with Gasteiger partial charge in [0.25, 0.3) is 5.91 Å². The first-order valence-corrected chi connectivity index (χ1v) is 5.28. The molecule has 1 aromatic rings. The van der Waals surface area contributed by atoms with Crippen LogP contribution in [0.3, 0.4) is 0 Å². The van der Waals surface area contributed by atoms with Gasteiger partial charge in [0, 0.05) is 19.8 Å². The second-order valence-electron chi connectivity index (χ2n) is 3.89. The third-order valence-corrected chi connectivity index (χ3v) is 2.60. The van der Waals surface area contributed by atoms with E-state index in [2.05, 4.69) is 5.10 Å². The van der Waals surface area contributed by atoms with Crippen LogP contribution in [0, 0.1) is 0 Å². The fourth-order valence-corrected chi connectivity index (χ4v) is 1.70. The van der Waals surface area contributed by atoms with Gasteiger partial charge in [-0.25, -0.2) is 0 Å². The van der Waals surface area contributed by atoms with E-state index < -0.39 is 12.0 Å². The lowest BCUT2D eigenvalue weighted by molar-refractivity contribution is -0.133. The summed E-state index contributed by atoms with van der Waals surface area (Å²) in [6.07, 6.45) is 0.968. The molecule has 2 rings (SSSR count). The van der Waals surface area contributed by atoms with Crippen LogP contribution in [0.1, 0.15) is 10.5 Å². The topological polar surface area (TPSA) is 90.5 Å². The molecule has 7 heteroatoms. The van der Waals surface area contributed by atoms with Gasteiger partial charge in [0.05, 0.1) is 13.2 Å². The minimum atomic E-state index is -0.726. The van der Waals surface area contributed by atoms with Crippen LogP contribution >= 0.6 is 0 Å². The molecule has 1 aliphatic rings. The van der Waals surface area contributed by atoms with E-state index in [1.807, 2.05) is 0 Å². The molecule has 17 heavy (non-hydrogen) atoms. The molecule has 1 fully saturated rings. The van der Waals surface area contributed by atoms with Crippen molar-refractivity contribution in [1.29, 1.82) is 0 Å². The summed E-state index contributed by atoms with van der Waals surface area (Å²) in [6.45, 7) is 0.941. The van der Waals surface area contributed by atoms with Gasteiger partial charge >= 0.3 is 0 Å². The molecule has 7 nitrogen and oxygen atoms in total. The molecular weight excluding hydrogens is 224 g/mol. The van der Waals surface area contributed by atoms with Crippen LogP contribution in [0.2, 0.25) is 0 Å². The van der Waals surface area contributed by atoms with Gasteiger partial charge in [-0.2, -0.15) is 5.10 Å². The summed E-state index contributed by atoms with van der Waals surface area (Å²) >= 11 is 0. The van der Waals surface area contributed by atoms with Crippen molar-refractivity contribution in [3.05, 3.63) is 18.0 Å². The highest BCUT2D eigenvalue weighted by Crippen LogP contribution is 2.09. The quantitative estimate of drug-likeness (QED) is 0.696. The van der Waals surface area contributed by atoms with Crippen molar-refractivity contribution in [2.45, 2.75) is 6.10 Å². The van der Waals surface area contributed by atoms with Crippen LogP contribution in [-0.2, 0) is 16.6 Å². The minimum Gasteiger partial charge on any atom is -0.367 e. The zero-order valence-corrected chi connectivity index (χ0v) is 9.50. The molecule has 92 valence electrons. The number of amides is 2. The second kappa shape index (κ2) is 4.54. The van der Waals surface area contributed by atoms with Crippen LogP contribution < -0.4 is 5.73 Å². The lowest BCUT2D eigenvalue weighted by Crippen LogP contribution is -2.50. The number of carbonyl (C=O) groups is 2. The highest BCUT2D eigenvalue weighted by atomic mass is 16.5. The van der Waals surface area contributed by atoms with Crippen molar-refractivity contribution in [3.8, 4) is 0 Å². The standard InChI is InChI=1S/C10H14N4O3/c1-13-3-2-7(12-13)10(16)14-4-5-17-8(6-14)9(11)15/h2-3,8H,4-6H2,1H3,(H2,11,15)/t8-/m1/s1. The lowest BCUT2D eigenvalue weighted by Gasteiger charge is -2.30. The third-order valence-electron chi connectivity index (χ3n) is 2.60. The van der Waals surface area contributed by atoms with E-state index in [0.29, 0.717) is 18.8 Å². The number of aromatic nitrogens is 2. The number of aryl methyl sites for hydroxylation is 1. The molecule has 1 aromatic heterocycles. The SMILES string of the molecule is Cn1ccc(C(=O)N2CCO[C@@H](C(N)=O)C2)n1. The van der Waals surface area contributed by atoms with Crippen LogP contribution in [-0.4, -0.2) is 52.3 Å². The number of hydrogen-bond donors (Lipinski definition) is 1. The maximum atomic E-state index is 12.0. The molecule has 2 heterocycles. The fourth-order valence-electron chi connectivity index (χ4n) is 1.70. The molecule has 0 radical (unpaired) electrons. The molecule has 0 saturated carbocycles. The van der Waals surface area contributed by atoms with Gasteiger partial charge < -0.3 is 15.4 Å². The van der Waals surface area contributed by atoms with Crippen molar-refractivity contribution < 1.29 is 14.3 Å². The molecule has 1 atom stereocenters. The Balaban J connectivity index is 2.07. The van der Waals surface area contributed by atoms with Crippen molar-refractivity contribution in [2.24, 2.45) is 12.8 Å². The van der Waals surface area contributed by atoms with Gasteiger partial charge in [-0.15, -0.1) is 0 Å². The number of primary amides is 1. The Morgan fingerprint density at radius 2 is 2.35 bits per heavy atom. The van der Waals surface area contributed by atoms with E-state index >= 15 is 0 Å². The molecule has 0 aromatic carbocycles. The smallest absolute Gasteiger partial charge is 0.274 e. The number of ether oxygens (including phenoxy) is 1. The van der Waals surface area contributed by atoms with E-state index in [4.69, 9.17) is 10.5 Å². The zero-order chi connectivity index (χ0) is 12.4. The average molecular weight is 238 g/mol. The van der Waals surface area contributed by atoms with Gasteiger partial charge in [-0.05, 0) is 6.07 Å². The molecule has 0 bridgehead atoms. The van der Waals surface area contributed by atoms with Crippen molar-refractivity contribution >= 4 is 11.8 Å². The van der Waals surface area contributed by atoms with E-state index in [0.717, 1.165) is 0 Å². The van der Waals surface area contributed by atoms with E-state index in [9.17, 15) is 9.59 Å². The minimum absolute atomic E-state index is 0.185. The predicted molar refractivity (Wildman–Crippen MR) is 58.0 cm³/mol. The molecule has 2 N–H and O–H groups in total. The maximum absolute atomic E-state index is 12.0. The Bertz CT molecular complexity index is 443. The van der Waals surface area contributed by atoms with Crippen molar-refractivity contribution in [1.82, 2.24) is 14.7 Å². The highest BCUT2D eigenvalue weighted by molar-refractivity contribution is 5.92. The van der Waals surface area contributed by atoms with Crippen LogP contribution in [0.25, 0.3) is 0 Å². The fraction of sp³-hybridized carbons (Fsp3) is 0.500. The normalized spacial score (nSPS) is 20.3. The van der Waals surface area contributed by atoms with Crippen LogP contribution in [0.15, 0.2) is 12.3 Å². The Morgan fingerprint density at radius 3 is 2.94 bits per heavy atom. The largest absolute Gasteiger partial charge is 0.367 e. The Labute approximate surface area is 98.1 Å². The van der Waals surface area contributed by atoms with Crippen LogP contribution in [0.5, 0.6) is 0 Å². The first kappa shape index (κ1) is 11.6. The summed E-state index contributed by atoms with van der Waals surface area (Å²) in [5, 5.41) is 4.02. The number of nitrogens with two attached hydrogens (primary N) is 1. The van der Waals surface area contributed by atoms with E-state index in [1.54, 1.807) is 24.0 Å². The molecule has 1 aliphatic heterocycles. The summed E-state index contributed by atoms with van der Waals surface area (Å²) < 4.78 is 6.72. The summed E-state index contributed by atoms with van der Waals surface area (Å²) in [7, 11) is 1.74. The van der Waals surface area contributed by atoms with Crippen molar-refractivity contribution in [2.75, 3.05) is 19.7 Å². The summed E-state index contributed by atoms with van der Waals surface area (Å²) in [4.78, 5) is 24.6. The number of morpholine rings is 1. The van der Waals surface area contributed by atoms with E-state index in [-0.39, 0.29) is 12.5 Å². The molecule has 0 spiro atoms. The highest BCUT2D eigenvalue weighted by Gasteiger charge is 2.29. The van der Waals surface area contributed by atoms with Gasteiger partial charge in [-0.3, -0.25) is 14.3 Å². The molecule has 0 unspecified atom stereocenters. The van der Waals surface area contributed by atoms with Gasteiger partial charge in [-0.1, -0.05) is 0 Å². The monoisotopic (exact) mass is 238 g/mol. The van der Waals surface area contributed by atoms with E-state index in [1.165, 1.54) is 4.90 Å². The van der Waals surface area contributed by atoms with Crippen molar-refractivity contribution in [3.63, 3.8) is 0 Å². The van der Waals surface area contributed by atoms with Gasteiger partial charge in [0.2, 0.25) is 5.91 Å². The number of hydrogen-bond acceptors (Lipinski definition) is 4. The summed E-state index contributed by atoms with van der Waals surface area (Å²) in [5.41, 5.74) is 5.51. The number of rotatable bonds is 2.